The topological polar surface area (TPSA) is 38.4 Å². The summed E-state index contributed by atoms with van der Waals surface area (Å²) in [4.78, 5) is 0. The lowest BCUT2D eigenvalue weighted by Gasteiger charge is -1.99. The molecule has 0 fully saturated rings. The van der Waals surface area contributed by atoms with Crippen LogP contribution >= 0.6 is 0 Å². The molecule has 0 saturated carbocycles. The normalized spacial score (nSPS) is 10.4. The number of methoxy groups -OCH3 is 1. The summed E-state index contributed by atoms with van der Waals surface area (Å²) in [6.07, 6.45) is 4.39. The number of hydrogen-bond acceptors (Lipinski definition) is 2. The number of unbranched alkanes of at least 4 members (excludes halogenated alkanes) is 3. The van der Waals surface area contributed by atoms with E-state index in [0.29, 0.717) is 6.61 Å². The molecule has 0 heterocycles. The monoisotopic (exact) mass is 161 g/mol. The summed E-state index contributed by atoms with van der Waals surface area (Å²) >= 11 is 0. The molecule has 0 aliphatic heterocycles. The molecule has 0 saturated heterocycles. The van der Waals surface area contributed by atoms with Gasteiger partial charge in [0.05, 0.1) is 0 Å². The van der Waals surface area contributed by atoms with Crippen LogP contribution in [-0.4, -0.2) is 27.1 Å². The lowest BCUT2D eigenvalue weighted by molar-refractivity contribution is -0.0447. The third-order valence-electron chi connectivity index (χ3n) is 1.47. The first kappa shape index (κ1) is 10.9. The van der Waals surface area contributed by atoms with Crippen molar-refractivity contribution in [2.24, 2.45) is 0 Å². The standard InChI is InChI=1S/C8H17O3/c1-10-6-4-2-3-5-7-11-8-9/h2-8H2,1H3. The highest BCUT2D eigenvalue weighted by molar-refractivity contribution is 4.41. The van der Waals surface area contributed by atoms with Crippen molar-refractivity contribution in [2.75, 3.05) is 27.1 Å². The fraction of sp³-hybridized carbons (Fsp3) is 1.00. The van der Waals surface area contributed by atoms with Crippen molar-refractivity contribution >= 4 is 0 Å². The second kappa shape index (κ2) is 9.88. The summed E-state index contributed by atoms with van der Waals surface area (Å²) in [5, 5.41) is 9.82. The molecule has 0 amide bonds. The quantitative estimate of drug-likeness (QED) is 0.400. The van der Waals surface area contributed by atoms with E-state index in [4.69, 9.17) is 4.74 Å². The van der Waals surface area contributed by atoms with Gasteiger partial charge in [0, 0.05) is 20.3 Å². The predicted octanol–water partition coefficient (Wildman–Crippen LogP) is 1.60. The fourth-order valence-corrected chi connectivity index (χ4v) is 0.863. The van der Waals surface area contributed by atoms with Gasteiger partial charge < -0.3 is 9.47 Å². The van der Waals surface area contributed by atoms with Crippen molar-refractivity contribution in [1.82, 2.24) is 0 Å². The summed E-state index contributed by atoms with van der Waals surface area (Å²) < 4.78 is 9.54. The van der Waals surface area contributed by atoms with Crippen LogP contribution < -0.4 is 0 Å². The number of rotatable bonds is 8. The largest absolute Gasteiger partial charge is 0.385 e. The molecule has 0 rings (SSSR count). The van der Waals surface area contributed by atoms with Crippen LogP contribution in [0.3, 0.4) is 0 Å². The Morgan fingerprint density at radius 3 is 2.18 bits per heavy atom. The zero-order valence-electron chi connectivity index (χ0n) is 7.17. The Labute approximate surface area is 68.3 Å². The van der Waals surface area contributed by atoms with Crippen LogP contribution in [0.2, 0.25) is 0 Å². The van der Waals surface area contributed by atoms with Gasteiger partial charge in [0.15, 0.2) is 6.79 Å². The molecule has 0 spiro atoms. The predicted molar refractivity (Wildman–Crippen MR) is 41.8 cm³/mol. The minimum absolute atomic E-state index is 0.405. The zero-order chi connectivity index (χ0) is 8.36. The molecule has 0 aliphatic rings. The Morgan fingerprint density at radius 1 is 1.00 bits per heavy atom. The molecular formula is C8H17O3. The summed E-state index contributed by atoms with van der Waals surface area (Å²) in [6, 6.07) is 0. The minimum atomic E-state index is -0.405. The molecule has 0 aromatic heterocycles. The van der Waals surface area contributed by atoms with Gasteiger partial charge in [-0.05, 0) is 12.8 Å². The molecule has 3 heteroatoms. The Balaban J connectivity index is 2.69. The minimum Gasteiger partial charge on any atom is -0.385 e. The molecule has 0 N–H and O–H groups in total. The van der Waals surface area contributed by atoms with Gasteiger partial charge in [-0.3, -0.25) is 0 Å². The maximum absolute atomic E-state index is 9.82. The molecule has 67 valence electrons. The Morgan fingerprint density at radius 2 is 1.64 bits per heavy atom. The highest BCUT2D eigenvalue weighted by Gasteiger charge is 1.89. The van der Waals surface area contributed by atoms with Gasteiger partial charge >= 0.3 is 0 Å². The lowest BCUT2D eigenvalue weighted by Crippen LogP contribution is -1.95. The van der Waals surface area contributed by atoms with Crippen LogP contribution in [0.5, 0.6) is 0 Å². The summed E-state index contributed by atoms with van der Waals surface area (Å²) in [5.41, 5.74) is 0. The molecule has 0 bridgehead atoms. The van der Waals surface area contributed by atoms with Crippen LogP contribution in [0.15, 0.2) is 0 Å². The van der Waals surface area contributed by atoms with E-state index in [0.717, 1.165) is 32.3 Å². The maximum atomic E-state index is 9.82. The molecule has 0 aliphatic carbocycles. The number of hydrogen-bond donors (Lipinski definition) is 0. The van der Waals surface area contributed by atoms with Gasteiger partial charge in [-0.15, -0.1) is 0 Å². The smallest absolute Gasteiger partial charge is 0.180 e. The van der Waals surface area contributed by atoms with Crippen molar-refractivity contribution < 1.29 is 14.6 Å². The van der Waals surface area contributed by atoms with Gasteiger partial charge in [-0.2, -0.15) is 0 Å². The SMILES string of the molecule is COCCCCCCOC[O]. The van der Waals surface area contributed by atoms with E-state index in [1.54, 1.807) is 7.11 Å². The van der Waals surface area contributed by atoms with Crippen molar-refractivity contribution in [1.29, 1.82) is 0 Å². The van der Waals surface area contributed by atoms with Crippen LogP contribution in [0.4, 0.5) is 0 Å². The first-order chi connectivity index (χ1) is 5.41. The molecule has 3 nitrogen and oxygen atoms in total. The highest BCUT2D eigenvalue weighted by Crippen LogP contribution is 1.99. The van der Waals surface area contributed by atoms with E-state index in [1.807, 2.05) is 0 Å². The second-order valence-electron chi connectivity index (χ2n) is 2.43. The van der Waals surface area contributed by atoms with Gasteiger partial charge in [-0.25, -0.2) is 5.11 Å². The van der Waals surface area contributed by atoms with Crippen LogP contribution in [0, 0.1) is 0 Å². The van der Waals surface area contributed by atoms with E-state index >= 15 is 0 Å². The Hall–Kier alpha value is -0.120. The third-order valence-corrected chi connectivity index (χ3v) is 1.47. The molecule has 11 heavy (non-hydrogen) atoms. The molecule has 0 aromatic carbocycles. The van der Waals surface area contributed by atoms with Gasteiger partial charge in [0.25, 0.3) is 0 Å². The van der Waals surface area contributed by atoms with E-state index in [-0.39, 0.29) is 0 Å². The van der Waals surface area contributed by atoms with Crippen molar-refractivity contribution in [3.63, 3.8) is 0 Å². The average molecular weight is 161 g/mol. The summed E-state index contributed by atoms with van der Waals surface area (Å²) in [5.74, 6) is 0. The molecule has 0 unspecified atom stereocenters. The number of ether oxygens (including phenoxy) is 2. The van der Waals surface area contributed by atoms with Crippen molar-refractivity contribution in [3.8, 4) is 0 Å². The Bertz CT molecular complexity index is 58.4. The van der Waals surface area contributed by atoms with E-state index < -0.39 is 6.79 Å². The van der Waals surface area contributed by atoms with Gasteiger partial charge in [0.1, 0.15) is 0 Å². The van der Waals surface area contributed by atoms with Crippen LogP contribution in [0.25, 0.3) is 0 Å². The second-order valence-corrected chi connectivity index (χ2v) is 2.43. The van der Waals surface area contributed by atoms with E-state index in [2.05, 4.69) is 4.74 Å². The van der Waals surface area contributed by atoms with Crippen LogP contribution in [0.1, 0.15) is 25.7 Å². The Kier molecular flexibility index (Phi) is 9.77. The summed E-state index contributed by atoms with van der Waals surface area (Å²) in [7, 11) is 1.71. The summed E-state index contributed by atoms with van der Waals surface area (Å²) in [6.45, 7) is 1.04. The molecule has 0 atom stereocenters. The fourth-order valence-electron chi connectivity index (χ4n) is 0.863. The highest BCUT2D eigenvalue weighted by atomic mass is 16.6. The third kappa shape index (κ3) is 9.88. The van der Waals surface area contributed by atoms with E-state index in [9.17, 15) is 5.11 Å². The molecule has 0 aromatic rings. The van der Waals surface area contributed by atoms with Crippen molar-refractivity contribution in [3.05, 3.63) is 0 Å². The van der Waals surface area contributed by atoms with E-state index in [1.165, 1.54) is 0 Å². The molecule has 1 radical (unpaired) electrons. The zero-order valence-corrected chi connectivity index (χ0v) is 7.17. The first-order valence-electron chi connectivity index (χ1n) is 4.06. The lowest BCUT2D eigenvalue weighted by atomic mass is 10.2. The van der Waals surface area contributed by atoms with Gasteiger partial charge in [0.2, 0.25) is 0 Å². The first-order valence-corrected chi connectivity index (χ1v) is 4.06. The molecular weight excluding hydrogens is 144 g/mol. The van der Waals surface area contributed by atoms with Crippen LogP contribution in [-0.2, 0) is 14.6 Å². The average Bonchev–Trinajstić information content (AvgIpc) is 2.03. The maximum Gasteiger partial charge on any atom is 0.180 e. The van der Waals surface area contributed by atoms with Crippen molar-refractivity contribution in [2.45, 2.75) is 25.7 Å². The van der Waals surface area contributed by atoms with Gasteiger partial charge in [-0.1, -0.05) is 12.8 Å².